The Hall–Kier alpha value is -5.28. The van der Waals surface area contributed by atoms with Gasteiger partial charge in [-0.25, -0.2) is 13.8 Å². The van der Waals surface area contributed by atoms with Crippen molar-refractivity contribution in [2.75, 3.05) is 54.9 Å². The van der Waals surface area contributed by atoms with E-state index in [1.165, 1.54) is 10.1 Å². The number of pyridine rings is 2. The fraction of sp³-hybridized carbons (Fsp3) is 0.489. The van der Waals surface area contributed by atoms with Crippen LogP contribution in [0.3, 0.4) is 0 Å². The number of halogens is 3. The van der Waals surface area contributed by atoms with Gasteiger partial charge in [0.1, 0.15) is 5.82 Å². The number of aromatic nitrogens is 4. The highest BCUT2D eigenvalue weighted by atomic mass is 35.5. The maximum absolute atomic E-state index is 15.2. The molecule has 16 heteroatoms. The van der Waals surface area contributed by atoms with Crippen molar-refractivity contribution in [3.63, 3.8) is 0 Å². The smallest absolute Gasteiger partial charge is 0.301 e. The van der Waals surface area contributed by atoms with Crippen molar-refractivity contribution in [1.29, 1.82) is 0 Å². The van der Waals surface area contributed by atoms with E-state index < -0.39 is 30.0 Å². The lowest BCUT2D eigenvalue weighted by molar-refractivity contribution is -0.134. The highest BCUT2D eigenvalue weighted by Gasteiger charge is 2.51. The molecule has 3 saturated heterocycles. The largest absolute Gasteiger partial charge is 0.480 e. The Morgan fingerprint density at radius 3 is 2.46 bits per heavy atom. The van der Waals surface area contributed by atoms with Crippen LogP contribution >= 0.6 is 11.6 Å². The van der Waals surface area contributed by atoms with Gasteiger partial charge in [-0.3, -0.25) is 24.4 Å². The molecule has 0 bridgehead atoms. The van der Waals surface area contributed by atoms with Gasteiger partial charge in [-0.05, 0) is 106 Å². The summed E-state index contributed by atoms with van der Waals surface area (Å²) < 4.78 is 39.2. The predicted octanol–water partition coefficient (Wildman–Crippen LogP) is 7.05. The lowest BCUT2D eigenvalue weighted by Crippen LogP contribution is -2.44. The number of alkyl halides is 2. The molecule has 0 radical (unpaired) electrons. The van der Waals surface area contributed by atoms with Gasteiger partial charge in [0.25, 0.3) is 5.56 Å². The molecular formula is C45H50ClF2N9O4. The van der Waals surface area contributed by atoms with Crippen LogP contribution in [0.15, 0.2) is 53.5 Å². The van der Waals surface area contributed by atoms with Crippen molar-refractivity contribution in [2.24, 2.45) is 25.9 Å². The van der Waals surface area contributed by atoms with E-state index in [2.05, 4.69) is 43.9 Å². The van der Waals surface area contributed by atoms with E-state index in [1.54, 1.807) is 13.2 Å². The average Bonchev–Trinajstić information content (AvgIpc) is 4.06. The van der Waals surface area contributed by atoms with E-state index in [4.69, 9.17) is 26.4 Å². The van der Waals surface area contributed by atoms with Gasteiger partial charge in [0.2, 0.25) is 17.6 Å². The Kier molecular flexibility index (Phi) is 10.2. The minimum absolute atomic E-state index is 0.0873. The number of hydrogen-bond acceptors (Lipinski definition) is 10. The number of imide groups is 1. The Bertz CT molecular complexity index is 2610. The van der Waals surface area contributed by atoms with Crippen LogP contribution in [0.25, 0.3) is 21.8 Å². The molecule has 10 rings (SSSR count). The number of hydrogen-bond donors (Lipinski definition) is 3. The van der Waals surface area contributed by atoms with E-state index in [-0.39, 0.29) is 23.5 Å². The number of rotatable bonds is 8. The molecule has 1 unspecified atom stereocenters. The van der Waals surface area contributed by atoms with Crippen molar-refractivity contribution in [2.45, 2.75) is 75.2 Å². The van der Waals surface area contributed by atoms with Crippen LogP contribution < -0.4 is 31.1 Å². The van der Waals surface area contributed by atoms with Crippen LogP contribution in [0.2, 0.25) is 5.02 Å². The second-order valence-corrected chi connectivity index (χ2v) is 18.2. The van der Waals surface area contributed by atoms with Gasteiger partial charge in [-0.2, -0.15) is 5.10 Å². The maximum Gasteiger partial charge on any atom is 0.301 e. The van der Waals surface area contributed by atoms with E-state index in [0.717, 1.165) is 80.8 Å². The molecule has 320 valence electrons. The highest BCUT2D eigenvalue weighted by molar-refractivity contribution is 6.33. The number of nitrogens with zero attached hydrogens (tertiary/aromatic N) is 6. The monoisotopic (exact) mass is 853 g/mol. The molecule has 1 saturated carbocycles. The quantitative estimate of drug-likeness (QED) is 0.139. The number of carbonyl (C=O) groups excluding carboxylic acids is 2. The molecule has 13 nitrogen and oxygen atoms in total. The SMILES string of the molecule is Cn1nc(C2CCC(=O)NC2=O)c2ccc(C3CCN(CC4CCN(c5cc(Nc6ccc7c(c6)c6c(c(=O)n7C)OCC(F)(F)[C@H](C7CC7)N6)c(Cl)cn5)CC4)CC3)cc21. The van der Waals surface area contributed by atoms with Crippen molar-refractivity contribution >= 4 is 68.1 Å². The van der Waals surface area contributed by atoms with E-state index in [9.17, 15) is 14.4 Å². The number of anilines is 4. The van der Waals surface area contributed by atoms with Crippen LogP contribution in [0.5, 0.6) is 5.75 Å². The van der Waals surface area contributed by atoms with Crippen LogP contribution in [0, 0.1) is 11.8 Å². The number of fused-ring (bicyclic) bond motifs is 4. The van der Waals surface area contributed by atoms with Gasteiger partial charge in [0, 0.05) is 62.7 Å². The van der Waals surface area contributed by atoms with Gasteiger partial charge in [0.05, 0.1) is 51.3 Å². The van der Waals surface area contributed by atoms with Gasteiger partial charge < -0.3 is 29.7 Å². The van der Waals surface area contributed by atoms with Crippen molar-refractivity contribution < 1.29 is 23.1 Å². The lowest BCUT2D eigenvalue weighted by atomic mass is 9.87. The van der Waals surface area contributed by atoms with E-state index >= 15 is 8.78 Å². The number of piperidine rings is 3. The van der Waals surface area contributed by atoms with Crippen molar-refractivity contribution in [3.8, 4) is 5.75 Å². The molecule has 0 spiro atoms. The first-order valence-corrected chi connectivity index (χ1v) is 21.9. The van der Waals surface area contributed by atoms with Crippen LogP contribution in [0.4, 0.5) is 31.7 Å². The molecule has 5 aliphatic rings. The fourth-order valence-electron chi connectivity index (χ4n) is 10.1. The number of benzene rings is 2. The third-order valence-electron chi connectivity index (χ3n) is 13.7. The molecule has 3 aromatic heterocycles. The van der Waals surface area contributed by atoms with Crippen molar-refractivity contribution in [1.82, 2.24) is 29.5 Å². The first-order chi connectivity index (χ1) is 29.4. The summed E-state index contributed by atoms with van der Waals surface area (Å²) in [4.78, 5) is 47.2. The number of amides is 2. The standard InChI is InChI=1S/C45H50ClF2N9O4/c1-54-35-9-6-29(20-32(35)40-41(44(54)60)61-24-45(47,48)42(52-40)27-3-4-27)50-34-21-37(49-22-33(34)46)57-17-11-25(12-18-57)23-56-15-13-26(14-16-56)28-5-7-30-36(19-28)55(2)53-39(30)31-8-10-38(58)51-43(31)59/h5-7,9,19-22,25-27,31,42,52H,3-4,8,10-18,23-24H2,1-2H3,(H,49,50)(H,51,58,59)/t31?,42-/m0/s1. The van der Waals surface area contributed by atoms with Gasteiger partial charge in [-0.1, -0.05) is 23.7 Å². The van der Waals surface area contributed by atoms with Crippen molar-refractivity contribution in [3.05, 3.63) is 75.3 Å². The maximum atomic E-state index is 15.2. The number of carbonyl (C=O) groups is 2. The summed E-state index contributed by atoms with van der Waals surface area (Å²) in [5.41, 5.74) is 4.89. The summed E-state index contributed by atoms with van der Waals surface area (Å²) in [6.45, 7) is 4.10. The topological polar surface area (TPSA) is 139 Å². The predicted molar refractivity (Wildman–Crippen MR) is 231 cm³/mol. The minimum atomic E-state index is -3.12. The first kappa shape index (κ1) is 39.8. The zero-order valence-electron chi connectivity index (χ0n) is 34.4. The third-order valence-corrected chi connectivity index (χ3v) is 14.0. The third kappa shape index (κ3) is 7.57. The van der Waals surface area contributed by atoms with Crippen LogP contribution in [-0.4, -0.2) is 87.3 Å². The summed E-state index contributed by atoms with van der Waals surface area (Å²) in [6.07, 6.45) is 8.20. The minimum Gasteiger partial charge on any atom is -0.480 e. The lowest BCUT2D eigenvalue weighted by Gasteiger charge is -2.38. The summed E-state index contributed by atoms with van der Waals surface area (Å²) >= 11 is 6.69. The number of nitrogens with one attached hydrogen (secondary N) is 3. The molecule has 7 heterocycles. The highest BCUT2D eigenvalue weighted by Crippen LogP contribution is 2.46. The Balaban J connectivity index is 0.763. The molecule has 5 aromatic rings. The molecule has 4 aliphatic heterocycles. The fourth-order valence-corrected chi connectivity index (χ4v) is 10.2. The summed E-state index contributed by atoms with van der Waals surface area (Å²) in [6, 6.07) is 12.9. The van der Waals surface area contributed by atoms with E-state index in [0.29, 0.717) is 70.5 Å². The molecule has 2 amide bonds. The van der Waals surface area contributed by atoms with Gasteiger partial charge in [-0.15, -0.1) is 0 Å². The van der Waals surface area contributed by atoms with Gasteiger partial charge >= 0.3 is 5.92 Å². The molecule has 1 aliphatic carbocycles. The molecule has 4 fully saturated rings. The molecule has 2 aromatic carbocycles. The average molecular weight is 854 g/mol. The van der Waals surface area contributed by atoms with Gasteiger partial charge in [0.15, 0.2) is 6.61 Å². The Morgan fingerprint density at radius 1 is 0.918 bits per heavy atom. The van der Waals surface area contributed by atoms with Crippen LogP contribution in [0.1, 0.15) is 74.5 Å². The Labute approximate surface area is 356 Å². The number of ether oxygens (including phenoxy) is 1. The Morgan fingerprint density at radius 2 is 1.70 bits per heavy atom. The first-order valence-electron chi connectivity index (χ1n) is 21.5. The second kappa shape index (κ2) is 15.6. The molecule has 2 atom stereocenters. The molecule has 3 N–H and O–H groups in total. The number of aryl methyl sites for hydroxylation is 2. The summed E-state index contributed by atoms with van der Waals surface area (Å²) in [5.74, 6) is -2.37. The van der Waals surface area contributed by atoms with Crippen LogP contribution in [-0.2, 0) is 23.7 Å². The molecule has 61 heavy (non-hydrogen) atoms. The summed E-state index contributed by atoms with van der Waals surface area (Å²) in [5, 5.41) is 15.7. The van der Waals surface area contributed by atoms with E-state index in [1.807, 2.05) is 36.0 Å². The number of likely N-dealkylation sites (tertiary alicyclic amines) is 1. The molecular weight excluding hydrogens is 804 g/mol. The zero-order valence-corrected chi connectivity index (χ0v) is 35.1. The second-order valence-electron chi connectivity index (χ2n) is 17.8. The normalized spacial score (nSPS) is 22.7. The summed E-state index contributed by atoms with van der Waals surface area (Å²) in [7, 11) is 3.54. The zero-order chi connectivity index (χ0) is 42.2.